The number of hydrogen-bond acceptors (Lipinski definition) is 2. The van der Waals surface area contributed by atoms with Crippen LogP contribution in [-0.4, -0.2) is 23.4 Å². The lowest BCUT2D eigenvalue weighted by Crippen LogP contribution is -2.08. The fourth-order valence-electron chi connectivity index (χ4n) is 1.35. The third-order valence-electron chi connectivity index (χ3n) is 2.14. The molecular formula is C11H19N3. The highest BCUT2D eigenvalue weighted by Crippen LogP contribution is 2.02. The molecule has 0 aliphatic carbocycles. The van der Waals surface area contributed by atoms with Crippen molar-refractivity contribution in [1.29, 1.82) is 0 Å². The Morgan fingerprint density at radius 1 is 1.64 bits per heavy atom. The van der Waals surface area contributed by atoms with Gasteiger partial charge in [-0.15, -0.1) is 6.58 Å². The fraction of sp³-hybridized carbons (Fsp3) is 0.545. The number of nitrogens with one attached hydrogen (secondary N) is 1. The van der Waals surface area contributed by atoms with E-state index in [0.717, 1.165) is 25.9 Å². The van der Waals surface area contributed by atoms with E-state index >= 15 is 0 Å². The Labute approximate surface area is 85.8 Å². The van der Waals surface area contributed by atoms with Gasteiger partial charge in [-0.1, -0.05) is 6.08 Å². The molecular weight excluding hydrogens is 174 g/mol. The molecule has 0 bridgehead atoms. The van der Waals surface area contributed by atoms with E-state index in [1.165, 1.54) is 12.0 Å². The summed E-state index contributed by atoms with van der Waals surface area (Å²) in [4.78, 5) is 0. The first-order chi connectivity index (χ1) is 6.86. The summed E-state index contributed by atoms with van der Waals surface area (Å²) in [5.41, 5.74) is 1.32. The zero-order valence-electron chi connectivity index (χ0n) is 8.87. The highest BCUT2D eigenvalue weighted by Gasteiger charge is 1.97. The van der Waals surface area contributed by atoms with Crippen LogP contribution in [0.15, 0.2) is 25.0 Å². The highest BCUT2D eigenvalue weighted by atomic mass is 15.3. The summed E-state index contributed by atoms with van der Waals surface area (Å²) < 4.78 is 1.98. The zero-order chi connectivity index (χ0) is 10.2. The predicted octanol–water partition coefficient (Wildman–Crippen LogP) is 1.61. The predicted molar refractivity (Wildman–Crippen MR) is 59.3 cm³/mol. The van der Waals surface area contributed by atoms with Crippen molar-refractivity contribution >= 4 is 0 Å². The van der Waals surface area contributed by atoms with Gasteiger partial charge in [0.1, 0.15) is 0 Å². The van der Waals surface area contributed by atoms with Crippen LogP contribution in [0.4, 0.5) is 0 Å². The van der Waals surface area contributed by atoms with Gasteiger partial charge in [-0.3, -0.25) is 4.68 Å². The average molecular weight is 193 g/mol. The van der Waals surface area contributed by atoms with Gasteiger partial charge in [-0.2, -0.15) is 5.10 Å². The molecule has 0 aromatic carbocycles. The maximum Gasteiger partial charge on any atom is 0.0521 e. The van der Waals surface area contributed by atoms with Crippen LogP contribution in [-0.2, 0) is 13.0 Å². The Hall–Kier alpha value is -1.09. The van der Waals surface area contributed by atoms with E-state index in [4.69, 9.17) is 0 Å². The van der Waals surface area contributed by atoms with Crippen molar-refractivity contribution in [1.82, 2.24) is 15.1 Å². The molecule has 0 saturated carbocycles. The minimum absolute atomic E-state index is 0.940. The zero-order valence-corrected chi connectivity index (χ0v) is 8.87. The van der Waals surface area contributed by atoms with Crippen molar-refractivity contribution in [2.45, 2.75) is 25.8 Å². The second-order valence-electron chi connectivity index (χ2n) is 3.40. The number of aromatic nitrogens is 2. The SMILES string of the molecule is C=CCCn1cc(CCCNC)cn1. The molecule has 0 spiro atoms. The van der Waals surface area contributed by atoms with Crippen LogP contribution < -0.4 is 5.32 Å². The van der Waals surface area contributed by atoms with Crippen molar-refractivity contribution in [2.75, 3.05) is 13.6 Å². The van der Waals surface area contributed by atoms with Gasteiger partial charge in [0.05, 0.1) is 6.20 Å². The molecule has 0 amide bonds. The van der Waals surface area contributed by atoms with Crippen LogP contribution in [0.5, 0.6) is 0 Å². The Morgan fingerprint density at radius 3 is 3.21 bits per heavy atom. The second-order valence-corrected chi connectivity index (χ2v) is 3.40. The first-order valence-electron chi connectivity index (χ1n) is 5.13. The van der Waals surface area contributed by atoms with Crippen molar-refractivity contribution in [3.63, 3.8) is 0 Å². The van der Waals surface area contributed by atoms with E-state index in [1.54, 1.807) is 0 Å². The Kier molecular flexibility index (Phi) is 5.00. The minimum Gasteiger partial charge on any atom is -0.320 e. The monoisotopic (exact) mass is 193 g/mol. The summed E-state index contributed by atoms with van der Waals surface area (Å²) in [6, 6.07) is 0. The molecule has 1 aromatic heterocycles. The average Bonchev–Trinajstić information content (AvgIpc) is 2.63. The van der Waals surface area contributed by atoms with Gasteiger partial charge < -0.3 is 5.32 Å². The summed E-state index contributed by atoms with van der Waals surface area (Å²) in [5.74, 6) is 0. The van der Waals surface area contributed by atoms with E-state index < -0.39 is 0 Å². The van der Waals surface area contributed by atoms with E-state index in [0.29, 0.717) is 0 Å². The van der Waals surface area contributed by atoms with E-state index in [-0.39, 0.29) is 0 Å². The molecule has 1 N–H and O–H groups in total. The van der Waals surface area contributed by atoms with Gasteiger partial charge in [0.2, 0.25) is 0 Å². The van der Waals surface area contributed by atoms with E-state index in [1.807, 2.05) is 24.0 Å². The van der Waals surface area contributed by atoms with Gasteiger partial charge in [-0.25, -0.2) is 0 Å². The third-order valence-corrected chi connectivity index (χ3v) is 2.14. The lowest BCUT2D eigenvalue weighted by Gasteiger charge is -1.97. The number of aryl methyl sites for hydroxylation is 2. The van der Waals surface area contributed by atoms with Crippen LogP contribution in [0.3, 0.4) is 0 Å². The normalized spacial score (nSPS) is 10.4. The molecule has 0 radical (unpaired) electrons. The smallest absolute Gasteiger partial charge is 0.0521 e. The Bertz CT molecular complexity index is 265. The van der Waals surface area contributed by atoms with Crippen molar-refractivity contribution in [2.24, 2.45) is 0 Å². The van der Waals surface area contributed by atoms with Gasteiger partial charge in [0, 0.05) is 12.7 Å². The van der Waals surface area contributed by atoms with E-state index in [9.17, 15) is 0 Å². The van der Waals surface area contributed by atoms with Gasteiger partial charge >= 0.3 is 0 Å². The quantitative estimate of drug-likeness (QED) is 0.526. The Morgan fingerprint density at radius 2 is 2.50 bits per heavy atom. The lowest BCUT2D eigenvalue weighted by atomic mass is 10.2. The number of nitrogens with zero attached hydrogens (tertiary/aromatic N) is 2. The molecule has 0 aliphatic rings. The molecule has 0 atom stereocenters. The summed E-state index contributed by atoms with van der Waals surface area (Å²) in [7, 11) is 1.98. The highest BCUT2D eigenvalue weighted by molar-refractivity contribution is 5.03. The summed E-state index contributed by atoms with van der Waals surface area (Å²) in [6.07, 6.45) is 9.26. The van der Waals surface area contributed by atoms with Crippen LogP contribution in [0, 0.1) is 0 Å². The maximum absolute atomic E-state index is 4.28. The van der Waals surface area contributed by atoms with E-state index in [2.05, 4.69) is 23.2 Å². The first kappa shape index (κ1) is 11.0. The largest absolute Gasteiger partial charge is 0.320 e. The molecule has 14 heavy (non-hydrogen) atoms. The number of allylic oxidation sites excluding steroid dienone is 1. The maximum atomic E-state index is 4.28. The molecule has 1 heterocycles. The van der Waals surface area contributed by atoms with Crippen LogP contribution in [0.25, 0.3) is 0 Å². The van der Waals surface area contributed by atoms with Crippen molar-refractivity contribution in [3.05, 3.63) is 30.6 Å². The van der Waals surface area contributed by atoms with Crippen molar-refractivity contribution < 1.29 is 0 Å². The molecule has 1 aromatic rings. The van der Waals surface area contributed by atoms with Gasteiger partial charge in [0.25, 0.3) is 0 Å². The van der Waals surface area contributed by atoms with Crippen LogP contribution in [0.1, 0.15) is 18.4 Å². The van der Waals surface area contributed by atoms with Crippen LogP contribution in [0.2, 0.25) is 0 Å². The molecule has 1 rings (SSSR count). The Balaban J connectivity index is 2.31. The first-order valence-corrected chi connectivity index (χ1v) is 5.13. The summed E-state index contributed by atoms with van der Waals surface area (Å²) in [6.45, 7) is 5.70. The number of rotatable bonds is 7. The van der Waals surface area contributed by atoms with Gasteiger partial charge in [0.15, 0.2) is 0 Å². The molecule has 78 valence electrons. The van der Waals surface area contributed by atoms with Gasteiger partial charge in [-0.05, 0) is 38.4 Å². The topological polar surface area (TPSA) is 29.9 Å². The molecule has 0 saturated heterocycles. The molecule has 0 aliphatic heterocycles. The van der Waals surface area contributed by atoms with Crippen molar-refractivity contribution in [3.8, 4) is 0 Å². The molecule has 0 unspecified atom stereocenters. The molecule has 3 nitrogen and oxygen atoms in total. The second kappa shape index (κ2) is 6.38. The summed E-state index contributed by atoms with van der Waals surface area (Å²) >= 11 is 0. The summed E-state index contributed by atoms with van der Waals surface area (Å²) in [5, 5.41) is 7.42. The van der Waals surface area contributed by atoms with Crippen LogP contribution >= 0.6 is 0 Å². The number of hydrogen-bond donors (Lipinski definition) is 1. The fourth-order valence-corrected chi connectivity index (χ4v) is 1.35. The molecule has 3 heteroatoms. The minimum atomic E-state index is 0.940. The standard InChI is InChI=1S/C11H19N3/c1-3-4-8-14-10-11(9-13-14)6-5-7-12-2/h3,9-10,12H,1,4-8H2,2H3. The molecule has 0 fully saturated rings. The lowest BCUT2D eigenvalue weighted by molar-refractivity contribution is 0.623. The third kappa shape index (κ3) is 3.75.